The lowest BCUT2D eigenvalue weighted by molar-refractivity contribution is -1.32. The van der Waals surface area contributed by atoms with Crippen LogP contribution < -0.4 is 14.7 Å². The van der Waals surface area contributed by atoms with Gasteiger partial charge in [-0.3, -0.25) is 0 Å². The molecule has 0 aliphatic rings. The van der Waals surface area contributed by atoms with Crippen molar-refractivity contribution in [2.75, 3.05) is 48.9 Å². The van der Waals surface area contributed by atoms with Gasteiger partial charge in [-0.2, -0.15) is 0 Å². The van der Waals surface area contributed by atoms with Crippen molar-refractivity contribution < 1.29 is 19.4 Å². The summed E-state index contributed by atoms with van der Waals surface area (Å²) in [6.45, 7) is 2.80. The molecule has 80 valence electrons. The van der Waals surface area contributed by atoms with E-state index in [1.807, 2.05) is 6.92 Å². The van der Waals surface area contributed by atoms with E-state index in [1.165, 1.54) is 14.7 Å². The Hall–Kier alpha value is -0.160. The van der Waals surface area contributed by atoms with Crippen LogP contribution in [0.1, 0.15) is 6.92 Å². The highest BCUT2D eigenvalue weighted by atomic mass is 16.6. The van der Waals surface area contributed by atoms with Gasteiger partial charge in [0.15, 0.2) is 0 Å². The Labute approximate surface area is 82.1 Å². The molecule has 4 nitrogen and oxygen atoms in total. The lowest BCUT2D eigenvalue weighted by Gasteiger charge is -2.37. The van der Waals surface area contributed by atoms with Gasteiger partial charge in [0.25, 0.3) is 0 Å². The van der Waals surface area contributed by atoms with Crippen LogP contribution in [0.15, 0.2) is 0 Å². The van der Waals surface area contributed by atoms with E-state index in [0.29, 0.717) is 0 Å². The second kappa shape index (κ2) is 4.91. The predicted octanol–water partition coefficient (Wildman–Crippen LogP) is -3.93. The Bertz CT molecular complexity index is 124. The lowest BCUT2D eigenvalue weighted by Crippen LogP contribution is -3.54. The van der Waals surface area contributed by atoms with Gasteiger partial charge in [-0.1, -0.05) is 0 Å². The molecule has 0 atom stereocenters. The molecule has 0 radical (unpaired) electrons. The van der Waals surface area contributed by atoms with Crippen LogP contribution in [-0.2, 0) is 4.74 Å². The number of rotatable bonds is 5. The van der Waals surface area contributed by atoms with Gasteiger partial charge in [0.05, 0.1) is 48.9 Å². The fourth-order valence-corrected chi connectivity index (χ4v) is 2.15. The maximum Gasteiger partial charge on any atom is 0.476 e. The van der Waals surface area contributed by atoms with Crippen LogP contribution in [0.25, 0.3) is 0 Å². The average Bonchev–Trinajstić information content (AvgIpc) is 1.97. The van der Waals surface area contributed by atoms with E-state index in [2.05, 4.69) is 42.3 Å². The van der Waals surface area contributed by atoms with Gasteiger partial charge in [-0.15, -0.1) is 0 Å². The molecule has 0 unspecified atom stereocenters. The molecule has 0 saturated carbocycles. The second-order valence-corrected chi connectivity index (χ2v) is 4.11. The van der Waals surface area contributed by atoms with Gasteiger partial charge in [-0.25, -0.2) is 19.4 Å². The fourth-order valence-electron chi connectivity index (χ4n) is 2.15. The maximum absolute atomic E-state index is 5.90. The highest BCUT2D eigenvalue weighted by Gasteiger charge is 2.51. The van der Waals surface area contributed by atoms with Crippen molar-refractivity contribution in [1.29, 1.82) is 0 Å². The van der Waals surface area contributed by atoms with Gasteiger partial charge in [0, 0.05) is 0 Å². The van der Waals surface area contributed by atoms with Gasteiger partial charge in [-0.05, 0) is 6.92 Å². The van der Waals surface area contributed by atoms with Crippen molar-refractivity contribution in [3.63, 3.8) is 0 Å². The molecule has 0 aromatic heterocycles. The highest BCUT2D eigenvalue weighted by molar-refractivity contribution is 4.25. The molecule has 0 aromatic carbocycles. The van der Waals surface area contributed by atoms with E-state index in [0.717, 1.165) is 6.61 Å². The van der Waals surface area contributed by atoms with Crippen LogP contribution in [0.5, 0.6) is 0 Å². The van der Waals surface area contributed by atoms with Crippen LogP contribution in [0.3, 0.4) is 0 Å². The number of hydrogen-bond donors (Lipinski definition) is 3. The van der Waals surface area contributed by atoms with E-state index in [9.17, 15) is 0 Å². The van der Waals surface area contributed by atoms with Crippen LogP contribution >= 0.6 is 0 Å². The first-order valence-corrected chi connectivity index (χ1v) is 4.95. The van der Waals surface area contributed by atoms with Crippen molar-refractivity contribution in [3.05, 3.63) is 0 Å². The maximum atomic E-state index is 5.90. The zero-order valence-electron chi connectivity index (χ0n) is 10.1. The van der Waals surface area contributed by atoms with Crippen molar-refractivity contribution in [1.82, 2.24) is 0 Å². The molecule has 3 N–H and O–H groups in total. The number of nitrogens with one attached hydrogen (secondary N) is 3. The first-order chi connectivity index (χ1) is 5.89. The molecule has 0 aliphatic heterocycles. The minimum atomic E-state index is -0.200. The molecule has 0 aromatic rings. The van der Waals surface area contributed by atoms with E-state index in [4.69, 9.17) is 4.74 Å². The normalized spacial score (nSPS) is 13.4. The van der Waals surface area contributed by atoms with Crippen molar-refractivity contribution in [3.8, 4) is 0 Å². The first-order valence-electron chi connectivity index (χ1n) is 4.95. The molecule has 4 heteroatoms. The second-order valence-electron chi connectivity index (χ2n) is 4.11. The Morgan fingerprint density at radius 2 is 1.15 bits per heavy atom. The third-order valence-electron chi connectivity index (χ3n) is 2.47. The molecule has 0 aliphatic carbocycles. The minimum absolute atomic E-state index is 0.200. The van der Waals surface area contributed by atoms with Gasteiger partial charge < -0.3 is 0 Å². The Balaban J connectivity index is 4.82. The smallest absolute Gasteiger partial charge is 0.227 e. The molecular weight excluding hydrogens is 166 g/mol. The third-order valence-corrected chi connectivity index (χ3v) is 2.47. The summed E-state index contributed by atoms with van der Waals surface area (Å²) in [6.07, 6.45) is 0. The molecule has 0 fully saturated rings. The van der Waals surface area contributed by atoms with E-state index in [-0.39, 0.29) is 5.97 Å². The lowest BCUT2D eigenvalue weighted by atomic mass is 10.5. The van der Waals surface area contributed by atoms with Crippen molar-refractivity contribution in [2.24, 2.45) is 0 Å². The number of quaternary nitrogens is 3. The summed E-state index contributed by atoms with van der Waals surface area (Å²) >= 11 is 0. The molecule has 0 rings (SSSR count). The van der Waals surface area contributed by atoms with Crippen LogP contribution in [0.2, 0.25) is 0 Å². The van der Waals surface area contributed by atoms with Crippen LogP contribution in [0.4, 0.5) is 0 Å². The Morgan fingerprint density at radius 1 is 0.846 bits per heavy atom. The molecule has 0 heterocycles. The SMILES string of the molecule is CCOC([NH+](C)C)([NH+](C)C)[NH+](C)C. The Kier molecular flexibility index (Phi) is 4.85. The summed E-state index contributed by atoms with van der Waals surface area (Å²) in [5, 5.41) is 0. The van der Waals surface area contributed by atoms with Crippen molar-refractivity contribution in [2.45, 2.75) is 12.9 Å². The van der Waals surface area contributed by atoms with Gasteiger partial charge >= 0.3 is 5.97 Å². The zero-order chi connectivity index (χ0) is 10.6. The largest absolute Gasteiger partial charge is 0.476 e. The molecule has 13 heavy (non-hydrogen) atoms. The standard InChI is InChI=1S/C9H23N3O/c1-8-13-9(10(2)3,11(4)5)12(6)7/h8H2,1-7H3/p+3. The summed E-state index contributed by atoms with van der Waals surface area (Å²) < 4.78 is 5.90. The monoisotopic (exact) mass is 192 g/mol. The predicted molar refractivity (Wildman–Crippen MR) is 52.8 cm³/mol. The van der Waals surface area contributed by atoms with E-state index in [1.54, 1.807) is 0 Å². The van der Waals surface area contributed by atoms with Gasteiger partial charge in [0.2, 0.25) is 0 Å². The molecule has 0 spiro atoms. The first kappa shape index (κ1) is 12.8. The van der Waals surface area contributed by atoms with Crippen molar-refractivity contribution >= 4 is 0 Å². The fraction of sp³-hybridized carbons (Fsp3) is 1.00. The summed E-state index contributed by atoms with van der Waals surface area (Å²) in [4.78, 5) is 3.94. The molecule has 0 bridgehead atoms. The minimum Gasteiger partial charge on any atom is -0.227 e. The number of ether oxygens (including phenoxy) is 1. The van der Waals surface area contributed by atoms with E-state index >= 15 is 0 Å². The molecule has 0 saturated heterocycles. The molecule has 0 amide bonds. The average molecular weight is 192 g/mol. The molecular formula is C9H26N3O+3. The third kappa shape index (κ3) is 2.40. The van der Waals surface area contributed by atoms with Gasteiger partial charge in [0.1, 0.15) is 0 Å². The zero-order valence-corrected chi connectivity index (χ0v) is 10.1. The summed E-state index contributed by atoms with van der Waals surface area (Å²) in [7, 11) is 12.8. The highest BCUT2D eigenvalue weighted by Crippen LogP contribution is 1.79. The summed E-state index contributed by atoms with van der Waals surface area (Å²) in [5.74, 6) is -0.200. The van der Waals surface area contributed by atoms with Crippen LogP contribution in [-0.4, -0.2) is 54.9 Å². The quantitative estimate of drug-likeness (QED) is 0.381. The van der Waals surface area contributed by atoms with Crippen LogP contribution in [0, 0.1) is 0 Å². The Morgan fingerprint density at radius 3 is 1.23 bits per heavy atom. The summed E-state index contributed by atoms with van der Waals surface area (Å²) in [6, 6.07) is 0. The van der Waals surface area contributed by atoms with E-state index < -0.39 is 0 Å². The topological polar surface area (TPSA) is 22.6 Å². The summed E-state index contributed by atoms with van der Waals surface area (Å²) in [5.41, 5.74) is 0. The number of hydrogen-bond acceptors (Lipinski definition) is 1.